The largest absolute Gasteiger partial charge is 0.336 e. The average Bonchev–Trinajstić information content (AvgIpc) is 3.17. The fourth-order valence-corrected chi connectivity index (χ4v) is 3.87. The van der Waals surface area contributed by atoms with E-state index in [-0.39, 0.29) is 17.8 Å². The average molecular weight is 289 g/mol. The van der Waals surface area contributed by atoms with E-state index in [1.807, 2.05) is 17.0 Å². The number of hydrogen-bond donors (Lipinski definition) is 0. The summed E-state index contributed by atoms with van der Waals surface area (Å²) >= 11 is 0. The highest BCUT2D eigenvalue weighted by atomic mass is 19.1. The van der Waals surface area contributed by atoms with Crippen LogP contribution in [0, 0.1) is 11.7 Å². The van der Waals surface area contributed by atoms with Crippen molar-refractivity contribution >= 4 is 5.91 Å². The summed E-state index contributed by atoms with van der Waals surface area (Å²) in [4.78, 5) is 14.5. The summed E-state index contributed by atoms with van der Waals surface area (Å²) in [5.41, 5.74) is 1.07. The summed E-state index contributed by atoms with van der Waals surface area (Å²) in [6, 6.07) is 6.79. The van der Waals surface area contributed by atoms with Crippen LogP contribution in [0.15, 0.2) is 24.3 Å². The van der Waals surface area contributed by atoms with Crippen molar-refractivity contribution in [1.29, 1.82) is 0 Å². The number of amides is 1. The smallest absolute Gasteiger partial charge is 0.223 e. The van der Waals surface area contributed by atoms with Crippen LogP contribution in [0.25, 0.3) is 0 Å². The molecule has 0 bridgehead atoms. The lowest BCUT2D eigenvalue weighted by Gasteiger charge is -2.25. The summed E-state index contributed by atoms with van der Waals surface area (Å²) in [5.74, 6) is 0.838. The summed E-state index contributed by atoms with van der Waals surface area (Å²) in [6.45, 7) is 0.853. The lowest BCUT2D eigenvalue weighted by atomic mass is 10.0. The van der Waals surface area contributed by atoms with E-state index >= 15 is 0 Å². The predicted octanol–water partition coefficient (Wildman–Crippen LogP) is 4.46. The van der Waals surface area contributed by atoms with Crippen molar-refractivity contribution in [1.82, 2.24) is 4.90 Å². The van der Waals surface area contributed by atoms with Gasteiger partial charge in [0.15, 0.2) is 0 Å². The lowest BCUT2D eigenvalue weighted by molar-refractivity contribution is -0.132. The maximum Gasteiger partial charge on any atom is 0.223 e. The Bertz CT molecular complexity index is 478. The summed E-state index contributed by atoms with van der Waals surface area (Å²) in [5, 5.41) is 0. The molecular weight excluding hydrogens is 265 g/mol. The minimum atomic E-state index is -0.212. The van der Waals surface area contributed by atoms with E-state index in [0.29, 0.717) is 6.42 Å². The number of rotatable bonds is 4. The number of carbonyl (C=O) groups is 1. The molecule has 0 radical (unpaired) electrons. The molecule has 1 atom stereocenters. The highest BCUT2D eigenvalue weighted by molar-refractivity contribution is 5.77. The number of halogens is 1. The van der Waals surface area contributed by atoms with Crippen LogP contribution in [0.2, 0.25) is 0 Å². The summed E-state index contributed by atoms with van der Waals surface area (Å²) in [6.07, 6.45) is 9.05. The monoisotopic (exact) mass is 289 g/mol. The standard InChI is InChI=1S/C18H24FNO/c19-16-10-8-15(9-11-16)17-6-3-13-20(17)18(21)12-7-14-4-1-2-5-14/h8-11,14,17H,1-7,12-13H2. The Labute approximate surface area is 126 Å². The highest BCUT2D eigenvalue weighted by Gasteiger charge is 2.30. The molecule has 3 heteroatoms. The second kappa shape index (κ2) is 6.59. The first-order valence-corrected chi connectivity index (χ1v) is 8.29. The van der Waals surface area contributed by atoms with Gasteiger partial charge in [-0.05, 0) is 42.9 Å². The van der Waals surface area contributed by atoms with Gasteiger partial charge in [0.05, 0.1) is 6.04 Å². The van der Waals surface area contributed by atoms with Crippen molar-refractivity contribution in [2.24, 2.45) is 5.92 Å². The van der Waals surface area contributed by atoms with Crippen LogP contribution >= 0.6 is 0 Å². The topological polar surface area (TPSA) is 20.3 Å². The van der Waals surface area contributed by atoms with Gasteiger partial charge in [-0.15, -0.1) is 0 Å². The zero-order chi connectivity index (χ0) is 14.7. The molecule has 1 amide bonds. The first-order chi connectivity index (χ1) is 10.2. The molecule has 1 saturated carbocycles. The molecule has 2 fully saturated rings. The second-order valence-corrected chi connectivity index (χ2v) is 6.49. The normalized spacial score (nSPS) is 22.9. The van der Waals surface area contributed by atoms with Gasteiger partial charge in [-0.25, -0.2) is 4.39 Å². The predicted molar refractivity (Wildman–Crippen MR) is 81.3 cm³/mol. The van der Waals surface area contributed by atoms with Gasteiger partial charge in [-0.2, -0.15) is 0 Å². The van der Waals surface area contributed by atoms with Crippen LogP contribution in [-0.4, -0.2) is 17.4 Å². The Balaban J connectivity index is 1.60. The Kier molecular flexibility index (Phi) is 4.57. The third-order valence-corrected chi connectivity index (χ3v) is 5.07. The third-order valence-electron chi connectivity index (χ3n) is 5.07. The number of benzene rings is 1. The molecule has 0 N–H and O–H groups in total. The minimum absolute atomic E-state index is 0.154. The molecule has 0 aromatic heterocycles. The van der Waals surface area contributed by atoms with E-state index in [2.05, 4.69) is 0 Å². The van der Waals surface area contributed by atoms with Gasteiger partial charge in [0.25, 0.3) is 0 Å². The maximum absolute atomic E-state index is 13.0. The zero-order valence-electron chi connectivity index (χ0n) is 12.6. The number of hydrogen-bond acceptors (Lipinski definition) is 1. The molecule has 1 unspecified atom stereocenters. The fraction of sp³-hybridized carbons (Fsp3) is 0.611. The maximum atomic E-state index is 13.0. The molecule has 1 saturated heterocycles. The minimum Gasteiger partial charge on any atom is -0.336 e. The molecule has 2 aliphatic rings. The van der Waals surface area contributed by atoms with E-state index in [1.165, 1.54) is 37.8 Å². The fourth-order valence-electron chi connectivity index (χ4n) is 3.87. The first-order valence-electron chi connectivity index (χ1n) is 8.29. The Hall–Kier alpha value is -1.38. The van der Waals surface area contributed by atoms with Gasteiger partial charge in [0.1, 0.15) is 5.82 Å². The molecule has 21 heavy (non-hydrogen) atoms. The van der Waals surface area contributed by atoms with Gasteiger partial charge in [0.2, 0.25) is 5.91 Å². The van der Waals surface area contributed by atoms with E-state index in [1.54, 1.807) is 0 Å². The molecule has 3 rings (SSSR count). The van der Waals surface area contributed by atoms with Gasteiger partial charge in [-0.3, -0.25) is 4.79 Å². The van der Waals surface area contributed by atoms with Gasteiger partial charge in [0, 0.05) is 13.0 Å². The zero-order valence-corrected chi connectivity index (χ0v) is 12.6. The van der Waals surface area contributed by atoms with Crippen molar-refractivity contribution in [3.63, 3.8) is 0 Å². The summed E-state index contributed by atoms with van der Waals surface area (Å²) < 4.78 is 13.0. The molecule has 1 heterocycles. The van der Waals surface area contributed by atoms with Crippen molar-refractivity contribution < 1.29 is 9.18 Å². The number of likely N-dealkylation sites (tertiary alicyclic amines) is 1. The third kappa shape index (κ3) is 3.45. The molecule has 1 aromatic carbocycles. The van der Waals surface area contributed by atoms with Crippen LogP contribution in [-0.2, 0) is 4.79 Å². The Morgan fingerprint density at radius 3 is 2.52 bits per heavy atom. The number of nitrogens with zero attached hydrogens (tertiary/aromatic N) is 1. The molecule has 1 aliphatic heterocycles. The van der Waals surface area contributed by atoms with Crippen molar-refractivity contribution in [2.75, 3.05) is 6.54 Å². The number of carbonyl (C=O) groups excluding carboxylic acids is 1. The highest BCUT2D eigenvalue weighted by Crippen LogP contribution is 2.34. The lowest BCUT2D eigenvalue weighted by Crippen LogP contribution is -2.30. The van der Waals surface area contributed by atoms with E-state index in [9.17, 15) is 9.18 Å². The Morgan fingerprint density at radius 2 is 1.81 bits per heavy atom. The Morgan fingerprint density at radius 1 is 1.10 bits per heavy atom. The molecule has 1 aliphatic carbocycles. The molecule has 2 nitrogen and oxygen atoms in total. The molecular formula is C18H24FNO. The van der Waals surface area contributed by atoms with Crippen molar-refractivity contribution in [3.05, 3.63) is 35.6 Å². The molecule has 0 spiro atoms. The van der Waals surface area contributed by atoms with Gasteiger partial charge >= 0.3 is 0 Å². The van der Waals surface area contributed by atoms with E-state index in [0.717, 1.165) is 37.3 Å². The second-order valence-electron chi connectivity index (χ2n) is 6.49. The van der Waals surface area contributed by atoms with Gasteiger partial charge < -0.3 is 4.90 Å². The quantitative estimate of drug-likeness (QED) is 0.801. The van der Waals surface area contributed by atoms with Crippen molar-refractivity contribution in [2.45, 2.75) is 57.4 Å². The van der Waals surface area contributed by atoms with Crippen LogP contribution < -0.4 is 0 Å². The first kappa shape index (κ1) is 14.6. The van der Waals surface area contributed by atoms with Crippen LogP contribution in [0.1, 0.15) is 63.0 Å². The summed E-state index contributed by atoms with van der Waals surface area (Å²) in [7, 11) is 0. The van der Waals surface area contributed by atoms with Crippen LogP contribution in [0.4, 0.5) is 4.39 Å². The van der Waals surface area contributed by atoms with Crippen molar-refractivity contribution in [3.8, 4) is 0 Å². The van der Waals surface area contributed by atoms with E-state index < -0.39 is 0 Å². The molecule has 1 aromatic rings. The SMILES string of the molecule is O=C(CCC1CCCC1)N1CCCC1c1ccc(F)cc1. The molecule has 114 valence electrons. The van der Waals surface area contributed by atoms with Crippen LogP contribution in [0.3, 0.4) is 0 Å². The van der Waals surface area contributed by atoms with E-state index in [4.69, 9.17) is 0 Å². The van der Waals surface area contributed by atoms with Gasteiger partial charge in [-0.1, -0.05) is 37.8 Å². The van der Waals surface area contributed by atoms with Crippen LogP contribution in [0.5, 0.6) is 0 Å².